The number of pyridine rings is 2. The molecule has 2 aliphatic rings. The molecule has 2 aromatic carbocycles. The van der Waals surface area contributed by atoms with E-state index in [1.807, 2.05) is 26.1 Å². The molecule has 0 amide bonds. The highest BCUT2D eigenvalue weighted by atomic mass is 16.5. The van der Waals surface area contributed by atoms with Gasteiger partial charge in [-0.05, 0) is 90.8 Å². The summed E-state index contributed by atoms with van der Waals surface area (Å²) in [7, 11) is 0. The Morgan fingerprint density at radius 2 is 1.94 bits per heavy atom. The number of hydrogen-bond donors (Lipinski definition) is 1. The number of ether oxygens (including phenoxy) is 1. The first-order valence-corrected chi connectivity index (χ1v) is 12.3. The van der Waals surface area contributed by atoms with Crippen LogP contribution in [0.1, 0.15) is 60.1 Å². The van der Waals surface area contributed by atoms with E-state index in [0.717, 1.165) is 82.0 Å². The largest absolute Gasteiger partial charge is 0.493 e. The molecule has 2 aromatic heterocycles. The molecule has 1 aliphatic heterocycles. The summed E-state index contributed by atoms with van der Waals surface area (Å²) in [5.41, 5.74) is 9.32. The van der Waals surface area contributed by atoms with Crippen molar-refractivity contribution in [2.24, 2.45) is 0 Å². The highest BCUT2D eigenvalue weighted by molar-refractivity contribution is 6.08. The number of rotatable bonds is 5. The number of carboxylic acids is 1. The third-order valence-corrected chi connectivity index (χ3v) is 7.49. The van der Waals surface area contributed by atoms with Crippen molar-refractivity contribution in [3.05, 3.63) is 64.5 Å². The molecule has 1 aliphatic carbocycles. The summed E-state index contributed by atoms with van der Waals surface area (Å²) in [5.74, 6) is -0.561. The van der Waals surface area contributed by atoms with Crippen molar-refractivity contribution in [3.63, 3.8) is 0 Å². The number of benzene rings is 2. The van der Waals surface area contributed by atoms with Crippen LogP contribution in [0.3, 0.4) is 0 Å². The van der Waals surface area contributed by atoms with E-state index in [4.69, 9.17) is 14.7 Å². The van der Waals surface area contributed by atoms with Gasteiger partial charge in [-0.25, -0.2) is 0 Å². The number of carbonyl (C=O) groups is 1. The number of fused-ring (bicyclic) bond motifs is 2. The zero-order valence-corrected chi connectivity index (χ0v) is 19.6. The van der Waals surface area contributed by atoms with Crippen LogP contribution in [0, 0.1) is 6.92 Å². The first kappa shape index (κ1) is 21.1. The van der Waals surface area contributed by atoms with E-state index in [1.54, 1.807) is 0 Å². The molecule has 1 unspecified atom stereocenters. The average Bonchev–Trinajstić information content (AvgIpc) is 3.29. The molecule has 34 heavy (non-hydrogen) atoms. The van der Waals surface area contributed by atoms with Crippen LogP contribution in [0.25, 0.3) is 32.9 Å². The van der Waals surface area contributed by atoms with E-state index in [-0.39, 0.29) is 0 Å². The van der Waals surface area contributed by atoms with Crippen molar-refractivity contribution in [1.29, 1.82) is 0 Å². The molecular weight excluding hydrogens is 424 g/mol. The van der Waals surface area contributed by atoms with Gasteiger partial charge in [0.2, 0.25) is 0 Å². The molecule has 4 aromatic rings. The van der Waals surface area contributed by atoms with Gasteiger partial charge in [-0.3, -0.25) is 14.8 Å². The molecule has 0 bridgehead atoms. The lowest BCUT2D eigenvalue weighted by atomic mass is 9.83. The SMILES string of the molecule is CCCC(C(=O)O)c1c(C)nc2cc3c(cc2c1-c1ccc2c4c(ccnc14)CCO2)CCC3. The fourth-order valence-electron chi connectivity index (χ4n) is 5.97. The number of aliphatic carboxylic acids is 1. The van der Waals surface area contributed by atoms with Crippen LogP contribution in [0.15, 0.2) is 36.5 Å². The van der Waals surface area contributed by atoms with Crippen molar-refractivity contribution in [2.45, 2.75) is 58.3 Å². The van der Waals surface area contributed by atoms with Crippen molar-refractivity contribution in [2.75, 3.05) is 6.61 Å². The normalized spacial score (nSPS) is 15.4. The third kappa shape index (κ3) is 3.17. The molecule has 0 spiro atoms. The van der Waals surface area contributed by atoms with Crippen LogP contribution in [-0.4, -0.2) is 27.7 Å². The number of carboxylic acid groups (broad SMARTS) is 1. The first-order valence-electron chi connectivity index (χ1n) is 12.3. The van der Waals surface area contributed by atoms with Gasteiger partial charge in [-0.2, -0.15) is 0 Å². The van der Waals surface area contributed by atoms with E-state index < -0.39 is 11.9 Å². The quantitative estimate of drug-likeness (QED) is 0.393. The van der Waals surface area contributed by atoms with E-state index >= 15 is 0 Å². The summed E-state index contributed by atoms with van der Waals surface area (Å²) in [6.45, 7) is 4.66. The smallest absolute Gasteiger partial charge is 0.311 e. The van der Waals surface area contributed by atoms with E-state index in [9.17, 15) is 9.90 Å². The Balaban J connectivity index is 1.75. The minimum Gasteiger partial charge on any atom is -0.493 e. The maximum absolute atomic E-state index is 12.5. The van der Waals surface area contributed by atoms with Gasteiger partial charge < -0.3 is 9.84 Å². The van der Waals surface area contributed by atoms with E-state index in [1.165, 1.54) is 16.7 Å². The van der Waals surface area contributed by atoms with Crippen molar-refractivity contribution < 1.29 is 14.6 Å². The van der Waals surface area contributed by atoms with Gasteiger partial charge in [-0.1, -0.05) is 13.3 Å². The van der Waals surface area contributed by atoms with Gasteiger partial charge in [0.15, 0.2) is 0 Å². The van der Waals surface area contributed by atoms with Crippen LogP contribution >= 0.6 is 0 Å². The van der Waals surface area contributed by atoms with Crippen LogP contribution in [0.4, 0.5) is 0 Å². The van der Waals surface area contributed by atoms with Gasteiger partial charge in [0, 0.05) is 34.6 Å². The highest BCUT2D eigenvalue weighted by Gasteiger charge is 2.29. The Labute approximate surface area is 198 Å². The van der Waals surface area contributed by atoms with Gasteiger partial charge in [0.1, 0.15) is 5.75 Å². The zero-order chi connectivity index (χ0) is 23.4. The molecular formula is C29H28N2O3. The zero-order valence-electron chi connectivity index (χ0n) is 19.6. The Morgan fingerprint density at radius 1 is 1.12 bits per heavy atom. The lowest BCUT2D eigenvalue weighted by Crippen LogP contribution is -2.16. The molecule has 5 heteroatoms. The lowest BCUT2D eigenvalue weighted by Gasteiger charge is -2.24. The molecule has 5 nitrogen and oxygen atoms in total. The Kier molecular flexibility index (Phi) is 5.01. The molecule has 1 N–H and O–H groups in total. The maximum Gasteiger partial charge on any atom is 0.311 e. The maximum atomic E-state index is 12.5. The molecule has 0 saturated heterocycles. The Hall–Kier alpha value is -3.47. The molecule has 0 fully saturated rings. The molecule has 1 atom stereocenters. The molecule has 172 valence electrons. The fraction of sp³-hybridized carbons (Fsp3) is 0.345. The Morgan fingerprint density at radius 3 is 2.74 bits per heavy atom. The summed E-state index contributed by atoms with van der Waals surface area (Å²) < 4.78 is 5.97. The van der Waals surface area contributed by atoms with Crippen LogP contribution < -0.4 is 4.74 Å². The fourth-order valence-corrected chi connectivity index (χ4v) is 5.97. The second-order valence-electron chi connectivity index (χ2n) is 9.56. The number of hydrogen-bond acceptors (Lipinski definition) is 4. The standard InChI is InChI=1S/C29H28N2O3/c1-3-5-21(29(32)33)25-16(2)31-23-15-19-7-4-6-18(19)14-22(23)27(25)20-8-9-24-26-17(11-13-34-24)10-12-30-28(20)26/h8-10,12,14-15,21H,3-7,11,13H2,1-2H3,(H,32,33). The second-order valence-corrected chi connectivity index (χ2v) is 9.56. The summed E-state index contributed by atoms with van der Waals surface area (Å²) in [4.78, 5) is 22.3. The minimum absolute atomic E-state index is 0.569. The molecule has 0 radical (unpaired) electrons. The van der Waals surface area contributed by atoms with Crippen LogP contribution in [0.2, 0.25) is 0 Å². The lowest BCUT2D eigenvalue weighted by molar-refractivity contribution is -0.139. The van der Waals surface area contributed by atoms with Gasteiger partial charge in [0.25, 0.3) is 0 Å². The van der Waals surface area contributed by atoms with Crippen LogP contribution in [0.5, 0.6) is 5.75 Å². The monoisotopic (exact) mass is 452 g/mol. The van der Waals surface area contributed by atoms with Crippen LogP contribution in [-0.2, 0) is 24.1 Å². The molecule has 3 heterocycles. The summed E-state index contributed by atoms with van der Waals surface area (Å²) in [5, 5.41) is 12.3. The summed E-state index contributed by atoms with van der Waals surface area (Å²) in [6, 6.07) is 10.6. The number of aryl methyl sites for hydroxylation is 3. The predicted octanol–water partition coefficient (Wildman–Crippen LogP) is 6.15. The van der Waals surface area contributed by atoms with Crippen molar-refractivity contribution in [3.8, 4) is 16.9 Å². The van der Waals surface area contributed by atoms with Gasteiger partial charge >= 0.3 is 5.97 Å². The first-order chi connectivity index (χ1) is 16.6. The van der Waals surface area contributed by atoms with Gasteiger partial charge in [-0.15, -0.1) is 0 Å². The summed E-state index contributed by atoms with van der Waals surface area (Å²) >= 11 is 0. The third-order valence-electron chi connectivity index (χ3n) is 7.49. The second kappa shape index (κ2) is 8.08. The topological polar surface area (TPSA) is 72.3 Å². The molecule has 0 saturated carbocycles. The van der Waals surface area contributed by atoms with Gasteiger partial charge in [0.05, 0.1) is 23.6 Å². The number of nitrogens with zero attached hydrogens (tertiary/aromatic N) is 2. The summed E-state index contributed by atoms with van der Waals surface area (Å²) in [6.07, 6.45) is 7.36. The van der Waals surface area contributed by atoms with Crippen molar-refractivity contribution in [1.82, 2.24) is 9.97 Å². The van der Waals surface area contributed by atoms with E-state index in [2.05, 4.69) is 24.3 Å². The molecule has 6 rings (SSSR count). The average molecular weight is 453 g/mol. The minimum atomic E-state index is -0.799. The highest BCUT2D eigenvalue weighted by Crippen LogP contribution is 2.45. The van der Waals surface area contributed by atoms with E-state index in [0.29, 0.717) is 13.0 Å². The van der Waals surface area contributed by atoms with Crippen molar-refractivity contribution >= 4 is 27.8 Å². The number of aromatic nitrogens is 2. The predicted molar refractivity (Wildman–Crippen MR) is 134 cm³/mol. The Bertz CT molecular complexity index is 1460.